The van der Waals surface area contributed by atoms with Gasteiger partial charge in [0.25, 0.3) is 0 Å². The van der Waals surface area contributed by atoms with Gasteiger partial charge >= 0.3 is 51.4 Å². The van der Waals surface area contributed by atoms with Gasteiger partial charge in [-0.1, -0.05) is 13.3 Å². The number of hydrogen-bond donors (Lipinski definition) is 1. The summed E-state index contributed by atoms with van der Waals surface area (Å²) in [6.45, 7) is 2.40. The first-order valence-corrected chi connectivity index (χ1v) is 2.02. The van der Waals surface area contributed by atoms with Gasteiger partial charge in [-0.05, 0) is 6.42 Å². The fourth-order valence-electron chi connectivity index (χ4n) is 0.158. The van der Waals surface area contributed by atoms with Gasteiger partial charge in [0.2, 0.25) is 0 Å². The Labute approximate surface area is 91.3 Å². The molecule has 0 aliphatic rings. The molecule has 0 rings (SSSR count). The molecule has 0 aromatic heterocycles. The summed E-state index contributed by atoms with van der Waals surface area (Å²) in [6.07, 6.45) is 2.04. The molecule has 3 heteroatoms. The van der Waals surface area contributed by atoms with Crippen molar-refractivity contribution in [3.05, 3.63) is 0 Å². The molecule has 0 spiro atoms. The van der Waals surface area contributed by atoms with E-state index >= 15 is 0 Å². The Hall–Kier alpha value is 2.03. The number of hydrogen-bond acceptors (Lipinski definition) is 1. The van der Waals surface area contributed by atoms with Gasteiger partial charge in [0.05, 0.1) is 0 Å². The Balaban J connectivity index is -0.0000000800. The fourth-order valence-corrected chi connectivity index (χ4v) is 0.158. The number of aliphatic hydroxyl groups is 1. The number of aliphatic hydroxyl groups excluding tert-OH is 1. The summed E-state index contributed by atoms with van der Waals surface area (Å²) in [7, 11) is 0. The van der Waals surface area contributed by atoms with E-state index in [1.807, 2.05) is 0 Å². The van der Waals surface area contributed by atoms with E-state index in [4.69, 9.17) is 5.11 Å². The van der Waals surface area contributed by atoms with Crippen molar-refractivity contribution in [2.24, 2.45) is 0 Å². The third-order valence-electron chi connectivity index (χ3n) is 0.512. The van der Waals surface area contributed by atoms with Crippen molar-refractivity contribution in [1.29, 1.82) is 0 Å². The van der Waals surface area contributed by atoms with Crippen LogP contribution in [0.4, 0.5) is 0 Å². The van der Waals surface area contributed by atoms with Crippen LogP contribution in [0.3, 0.4) is 0 Å². The van der Waals surface area contributed by atoms with Crippen molar-refractivity contribution in [2.75, 3.05) is 6.61 Å². The summed E-state index contributed by atoms with van der Waals surface area (Å²) in [5.41, 5.74) is 0. The molecule has 1 atom stereocenters. The van der Waals surface area contributed by atoms with Crippen LogP contribution < -0.4 is 0 Å². The Morgan fingerprint density at radius 1 is 1.43 bits per heavy atom. The molecule has 0 fully saturated rings. The predicted octanol–water partition coefficient (Wildman–Crippen LogP) is 0.188. The molecule has 0 bridgehead atoms. The maximum atomic E-state index is 8.07. The maximum absolute atomic E-state index is 8.07. The third kappa shape index (κ3) is 18.0. The first kappa shape index (κ1) is 16.0. The molecule has 1 unspecified atom stereocenters. The predicted molar refractivity (Wildman–Crippen MR) is 40.2 cm³/mol. The molecule has 1 N–H and O–H groups in total. The molecule has 0 saturated carbocycles. The van der Waals surface area contributed by atoms with Crippen molar-refractivity contribution < 1.29 is 5.11 Å². The summed E-state index contributed by atoms with van der Waals surface area (Å²) >= 11 is 0. The number of rotatable bonds is 2. The van der Waals surface area contributed by atoms with Crippen molar-refractivity contribution in [3.8, 4) is 0 Å². The van der Waals surface area contributed by atoms with E-state index in [-0.39, 0.29) is 61.3 Å². The average Bonchev–Trinajstić information content (AvgIpc) is 1.41. The summed E-state index contributed by atoms with van der Waals surface area (Å²) in [6, 6.07) is 0. The summed E-state index contributed by atoms with van der Waals surface area (Å²) in [4.78, 5) is 0. The van der Waals surface area contributed by atoms with Crippen LogP contribution in [0.2, 0.25) is 0 Å². The van der Waals surface area contributed by atoms with Crippen LogP contribution in [0, 0.1) is 0 Å². The second-order valence-electron chi connectivity index (χ2n) is 1.08. The van der Waals surface area contributed by atoms with E-state index in [1.54, 1.807) is 0 Å². The third-order valence-corrected chi connectivity index (χ3v) is 0.512. The van der Waals surface area contributed by atoms with E-state index in [1.165, 1.54) is 0 Å². The first-order chi connectivity index (χ1) is 2.41. The van der Waals surface area contributed by atoms with E-state index in [0.717, 1.165) is 12.8 Å². The Morgan fingerprint density at radius 2 is 1.86 bits per heavy atom. The minimum absolute atomic E-state index is 0. The van der Waals surface area contributed by atoms with Crippen molar-refractivity contribution in [2.45, 2.75) is 19.8 Å². The minimum atomic E-state index is 0. The van der Waals surface area contributed by atoms with Crippen LogP contribution in [-0.2, 0) is 0 Å². The van der Waals surface area contributed by atoms with Crippen LogP contribution in [-0.4, -0.2) is 63.1 Å². The van der Waals surface area contributed by atoms with Gasteiger partial charge in [-0.25, -0.2) is 0 Å². The molecule has 1 nitrogen and oxygen atoms in total. The monoisotopic (exact) mass is 148 g/mol. The normalized spacial score (nSPS) is 6.00. The van der Waals surface area contributed by atoms with E-state index in [2.05, 4.69) is 6.92 Å². The molecule has 0 heterocycles. The number of unbranched alkanes of at least 4 members (excludes halogenated alkanes) is 1. The molecule has 0 saturated heterocycles. The van der Waals surface area contributed by atoms with Crippen LogP contribution in [0.25, 0.3) is 0 Å². The molecular formula is C4H14KOP. The fraction of sp³-hybridized carbons (Fsp3) is 1.00. The van der Waals surface area contributed by atoms with Crippen LogP contribution >= 0.6 is 9.90 Å². The molecule has 7 heavy (non-hydrogen) atoms. The molecule has 0 amide bonds. The zero-order valence-electron chi connectivity index (χ0n) is 4.28. The van der Waals surface area contributed by atoms with Crippen molar-refractivity contribution in [3.63, 3.8) is 0 Å². The second-order valence-corrected chi connectivity index (χ2v) is 1.08. The molecule has 0 aromatic rings. The second kappa shape index (κ2) is 15.7. The van der Waals surface area contributed by atoms with Gasteiger partial charge in [-0.3, -0.25) is 0 Å². The Morgan fingerprint density at radius 3 is 1.86 bits per heavy atom. The molecule has 0 aromatic carbocycles. The zero-order chi connectivity index (χ0) is 4.12. The Bertz CT molecular complexity index is 19.2. The topological polar surface area (TPSA) is 20.2 Å². The SMILES string of the molecule is CCCCO.P.[KH]. The van der Waals surface area contributed by atoms with Crippen molar-refractivity contribution in [1.82, 2.24) is 0 Å². The molecule has 42 valence electrons. The van der Waals surface area contributed by atoms with E-state index < -0.39 is 0 Å². The Kier molecular flexibility index (Phi) is 35.9. The van der Waals surface area contributed by atoms with Crippen LogP contribution in [0.1, 0.15) is 19.8 Å². The molecule has 0 aliphatic carbocycles. The summed E-state index contributed by atoms with van der Waals surface area (Å²) in [5.74, 6) is 0. The van der Waals surface area contributed by atoms with Gasteiger partial charge in [-0.15, -0.1) is 0 Å². The van der Waals surface area contributed by atoms with Gasteiger partial charge in [-0.2, -0.15) is 9.90 Å². The van der Waals surface area contributed by atoms with Gasteiger partial charge in [0.1, 0.15) is 0 Å². The molecular weight excluding hydrogens is 134 g/mol. The summed E-state index contributed by atoms with van der Waals surface area (Å²) in [5, 5.41) is 8.07. The van der Waals surface area contributed by atoms with E-state index in [0.29, 0.717) is 6.61 Å². The standard InChI is InChI=1S/C4H10O.K.H3P.H/c1-2-3-4-5;;;/h5H,2-4H2,1H3;;1H3;. The van der Waals surface area contributed by atoms with Crippen LogP contribution in [0.15, 0.2) is 0 Å². The van der Waals surface area contributed by atoms with Gasteiger partial charge in [0.15, 0.2) is 0 Å². The van der Waals surface area contributed by atoms with Gasteiger partial charge in [0, 0.05) is 6.61 Å². The van der Waals surface area contributed by atoms with Crippen molar-refractivity contribution >= 4 is 61.3 Å². The molecule has 0 radical (unpaired) electrons. The quantitative estimate of drug-likeness (QED) is 0.438. The zero-order valence-corrected chi connectivity index (χ0v) is 5.69. The van der Waals surface area contributed by atoms with Gasteiger partial charge < -0.3 is 5.11 Å². The van der Waals surface area contributed by atoms with E-state index in [9.17, 15) is 0 Å². The van der Waals surface area contributed by atoms with Crippen LogP contribution in [0.5, 0.6) is 0 Å². The average molecular weight is 148 g/mol. The first-order valence-electron chi connectivity index (χ1n) is 2.02. The summed E-state index contributed by atoms with van der Waals surface area (Å²) < 4.78 is 0. The molecule has 0 aliphatic heterocycles.